The van der Waals surface area contributed by atoms with E-state index in [1.807, 2.05) is 24.3 Å². The largest absolute Gasteiger partial charge is 0.334 e. The van der Waals surface area contributed by atoms with Crippen LogP contribution in [0, 0.1) is 0 Å². The molecular weight excluding hydrogens is 248 g/mol. The zero-order valence-electron chi connectivity index (χ0n) is 9.41. The SMILES string of the molecule is NCc1ccc(-c2nc(-c3cncs3)no2)cc1. The summed E-state index contributed by atoms with van der Waals surface area (Å²) in [5.74, 6) is 1.07. The summed E-state index contributed by atoms with van der Waals surface area (Å²) in [5.41, 5.74) is 9.24. The maximum atomic E-state index is 5.55. The third kappa shape index (κ3) is 2.03. The van der Waals surface area contributed by atoms with Crippen LogP contribution in [0.1, 0.15) is 5.56 Å². The molecule has 5 nitrogen and oxygen atoms in total. The van der Waals surface area contributed by atoms with Gasteiger partial charge in [0.1, 0.15) is 0 Å². The molecule has 0 unspecified atom stereocenters. The van der Waals surface area contributed by atoms with Crippen LogP contribution in [0.3, 0.4) is 0 Å². The highest BCUT2D eigenvalue weighted by Crippen LogP contribution is 2.24. The van der Waals surface area contributed by atoms with Gasteiger partial charge in [0.25, 0.3) is 5.89 Å². The molecule has 18 heavy (non-hydrogen) atoms. The Bertz CT molecular complexity index is 630. The zero-order valence-corrected chi connectivity index (χ0v) is 10.2. The number of benzene rings is 1. The molecule has 3 aromatic rings. The standard InChI is InChI=1S/C12H10N4OS/c13-5-8-1-3-9(4-2-8)12-15-11(16-17-12)10-6-14-7-18-10/h1-4,6-7H,5,13H2. The predicted molar refractivity (Wildman–Crippen MR) is 68.7 cm³/mol. The van der Waals surface area contributed by atoms with Crippen molar-refractivity contribution in [3.8, 4) is 22.2 Å². The number of thiazole rings is 1. The molecule has 0 radical (unpaired) electrons. The molecule has 0 aliphatic heterocycles. The molecule has 0 aliphatic carbocycles. The second-order valence-electron chi connectivity index (χ2n) is 3.69. The maximum Gasteiger partial charge on any atom is 0.258 e. The first-order valence-electron chi connectivity index (χ1n) is 5.39. The van der Waals surface area contributed by atoms with Gasteiger partial charge in [0.05, 0.1) is 10.4 Å². The minimum atomic E-state index is 0.502. The molecule has 0 atom stereocenters. The fourth-order valence-corrected chi connectivity index (χ4v) is 2.10. The molecule has 0 bridgehead atoms. The van der Waals surface area contributed by atoms with Gasteiger partial charge in [-0.1, -0.05) is 17.3 Å². The van der Waals surface area contributed by atoms with Crippen LogP contribution in [-0.4, -0.2) is 15.1 Å². The first-order valence-corrected chi connectivity index (χ1v) is 6.27. The molecule has 0 amide bonds. The first-order chi connectivity index (χ1) is 8.86. The molecule has 2 aromatic heterocycles. The molecule has 0 spiro atoms. The van der Waals surface area contributed by atoms with Crippen LogP contribution in [0.15, 0.2) is 40.5 Å². The summed E-state index contributed by atoms with van der Waals surface area (Å²) in [7, 11) is 0. The van der Waals surface area contributed by atoms with Crippen molar-refractivity contribution in [1.82, 2.24) is 15.1 Å². The van der Waals surface area contributed by atoms with E-state index >= 15 is 0 Å². The molecular formula is C12H10N4OS. The molecule has 0 saturated heterocycles. The van der Waals surface area contributed by atoms with E-state index in [1.54, 1.807) is 11.7 Å². The Morgan fingerprint density at radius 1 is 1.22 bits per heavy atom. The van der Waals surface area contributed by atoms with Crippen molar-refractivity contribution in [3.63, 3.8) is 0 Å². The Balaban J connectivity index is 1.92. The maximum absolute atomic E-state index is 5.55. The highest BCUT2D eigenvalue weighted by atomic mass is 32.1. The smallest absolute Gasteiger partial charge is 0.258 e. The van der Waals surface area contributed by atoms with Gasteiger partial charge in [0, 0.05) is 18.3 Å². The average molecular weight is 258 g/mol. The molecule has 2 N–H and O–H groups in total. The lowest BCUT2D eigenvalue weighted by atomic mass is 10.1. The van der Waals surface area contributed by atoms with Gasteiger partial charge in [-0.15, -0.1) is 11.3 Å². The van der Waals surface area contributed by atoms with Gasteiger partial charge < -0.3 is 10.3 Å². The lowest BCUT2D eigenvalue weighted by Gasteiger charge is -1.96. The second-order valence-corrected chi connectivity index (χ2v) is 4.58. The Hall–Kier alpha value is -2.05. The molecule has 3 rings (SSSR count). The van der Waals surface area contributed by atoms with E-state index in [-0.39, 0.29) is 0 Å². The summed E-state index contributed by atoms with van der Waals surface area (Å²) < 4.78 is 5.23. The molecule has 0 fully saturated rings. The van der Waals surface area contributed by atoms with Crippen LogP contribution in [0.4, 0.5) is 0 Å². The average Bonchev–Trinajstić information content (AvgIpc) is 3.09. The van der Waals surface area contributed by atoms with Gasteiger partial charge in [-0.3, -0.25) is 4.98 Å². The summed E-state index contributed by atoms with van der Waals surface area (Å²) in [4.78, 5) is 9.22. The van der Waals surface area contributed by atoms with E-state index in [1.165, 1.54) is 11.3 Å². The van der Waals surface area contributed by atoms with Crippen molar-refractivity contribution in [2.24, 2.45) is 5.73 Å². The van der Waals surface area contributed by atoms with Gasteiger partial charge in [0.15, 0.2) is 0 Å². The summed E-state index contributed by atoms with van der Waals surface area (Å²) >= 11 is 1.48. The van der Waals surface area contributed by atoms with Gasteiger partial charge in [-0.25, -0.2) is 0 Å². The third-order valence-electron chi connectivity index (χ3n) is 2.52. The fraction of sp³-hybridized carbons (Fsp3) is 0.0833. The van der Waals surface area contributed by atoms with Crippen LogP contribution >= 0.6 is 11.3 Å². The molecule has 1 aromatic carbocycles. The summed E-state index contributed by atoms with van der Waals surface area (Å²) in [6, 6.07) is 7.75. The molecule has 6 heteroatoms. The van der Waals surface area contributed by atoms with E-state index < -0.39 is 0 Å². The van der Waals surface area contributed by atoms with Crippen LogP contribution in [-0.2, 0) is 6.54 Å². The van der Waals surface area contributed by atoms with E-state index in [4.69, 9.17) is 10.3 Å². The van der Waals surface area contributed by atoms with Gasteiger partial charge in [-0.05, 0) is 17.7 Å². The molecule has 0 aliphatic rings. The minimum Gasteiger partial charge on any atom is -0.334 e. The van der Waals surface area contributed by atoms with Crippen molar-refractivity contribution in [1.29, 1.82) is 0 Å². The highest BCUT2D eigenvalue weighted by molar-refractivity contribution is 7.13. The van der Waals surface area contributed by atoms with Crippen LogP contribution < -0.4 is 5.73 Å². The first kappa shape index (κ1) is 11.1. The molecule has 2 heterocycles. The van der Waals surface area contributed by atoms with Crippen LogP contribution in [0.2, 0.25) is 0 Å². The molecule has 90 valence electrons. The highest BCUT2D eigenvalue weighted by Gasteiger charge is 2.11. The van der Waals surface area contributed by atoms with Crippen molar-refractivity contribution >= 4 is 11.3 Å². The van der Waals surface area contributed by atoms with Crippen molar-refractivity contribution in [3.05, 3.63) is 41.5 Å². The topological polar surface area (TPSA) is 77.8 Å². The number of hydrogen-bond donors (Lipinski definition) is 1. The number of aromatic nitrogens is 3. The zero-order chi connectivity index (χ0) is 12.4. The number of rotatable bonds is 3. The van der Waals surface area contributed by atoms with E-state index in [9.17, 15) is 0 Å². The van der Waals surface area contributed by atoms with Crippen LogP contribution in [0.5, 0.6) is 0 Å². The Labute approximate surface area is 107 Å². The van der Waals surface area contributed by atoms with Crippen molar-refractivity contribution in [2.45, 2.75) is 6.54 Å². The minimum absolute atomic E-state index is 0.502. The Morgan fingerprint density at radius 3 is 2.72 bits per heavy atom. The van der Waals surface area contributed by atoms with E-state index in [0.29, 0.717) is 18.3 Å². The fourth-order valence-electron chi connectivity index (χ4n) is 1.55. The predicted octanol–water partition coefficient (Wildman–Crippen LogP) is 2.32. The number of nitrogens with zero attached hydrogens (tertiary/aromatic N) is 3. The lowest BCUT2D eigenvalue weighted by Crippen LogP contribution is -1.95. The summed E-state index contributed by atoms with van der Waals surface area (Å²) in [6.07, 6.45) is 1.72. The normalized spacial score (nSPS) is 10.7. The third-order valence-corrected chi connectivity index (χ3v) is 3.28. The Morgan fingerprint density at radius 2 is 2.06 bits per heavy atom. The van der Waals surface area contributed by atoms with Gasteiger partial charge in [0.2, 0.25) is 5.82 Å². The summed E-state index contributed by atoms with van der Waals surface area (Å²) in [6.45, 7) is 0.524. The van der Waals surface area contributed by atoms with Crippen molar-refractivity contribution in [2.75, 3.05) is 0 Å². The van der Waals surface area contributed by atoms with E-state index in [2.05, 4.69) is 15.1 Å². The number of hydrogen-bond acceptors (Lipinski definition) is 6. The van der Waals surface area contributed by atoms with Gasteiger partial charge in [-0.2, -0.15) is 4.98 Å². The molecule has 0 saturated carbocycles. The number of nitrogens with two attached hydrogens (primary N) is 1. The lowest BCUT2D eigenvalue weighted by molar-refractivity contribution is 0.432. The Kier molecular flexibility index (Phi) is 2.87. The second kappa shape index (κ2) is 4.67. The van der Waals surface area contributed by atoms with E-state index in [0.717, 1.165) is 16.0 Å². The quantitative estimate of drug-likeness (QED) is 0.780. The van der Waals surface area contributed by atoms with Gasteiger partial charge >= 0.3 is 0 Å². The summed E-state index contributed by atoms with van der Waals surface area (Å²) in [5, 5.41) is 3.94. The van der Waals surface area contributed by atoms with Crippen LogP contribution in [0.25, 0.3) is 22.2 Å². The monoisotopic (exact) mass is 258 g/mol. The van der Waals surface area contributed by atoms with Crippen molar-refractivity contribution < 1.29 is 4.52 Å².